The number of aryl methyl sites for hydroxylation is 1. The van der Waals surface area contributed by atoms with Crippen molar-refractivity contribution < 1.29 is 0 Å². The SMILES string of the molecule is Cc1cc2c3c(c1)C1(C)CC4CCCCC4CC1(C)N3c1cccc3c1B2c1cccc2c1N3C1(C)CC3CCCCC3CC21C. The van der Waals surface area contributed by atoms with Crippen LogP contribution >= 0.6 is 0 Å². The Labute approximate surface area is 277 Å². The minimum atomic E-state index is 0.0994. The van der Waals surface area contributed by atoms with Gasteiger partial charge in [-0.25, -0.2) is 0 Å². The summed E-state index contributed by atoms with van der Waals surface area (Å²) in [6, 6.07) is 20.3. The van der Waals surface area contributed by atoms with Crippen LogP contribution in [-0.4, -0.2) is 17.8 Å². The number of anilines is 4. The number of para-hydroxylation sites is 1. The van der Waals surface area contributed by atoms with Gasteiger partial charge in [-0.1, -0.05) is 107 Å². The molecule has 8 atom stereocenters. The average molecular weight is 607 g/mol. The lowest BCUT2D eigenvalue weighted by molar-refractivity contribution is 0.0577. The standard InChI is InChI=1S/C43H51BN2/c1-26-20-32-39-34(21-26)44-33-17-10-16-31-38(33)45(42(4)24-29-14-8-6-12-27(29)22-40(31,42)2)35-18-11-19-36(37(35)44)46(39)43(5)25-30-15-9-7-13-28(30)23-41(32,43)3/h10-11,16-21,27-30H,6-9,12-15,22-25H2,1-5H3. The van der Waals surface area contributed by atoms with Crippen LogP contribution in [0.15, 0.2) is 48.5 Å². The molecule has 3 aromatic carbocycles. The van der Waals surface area contributed by atoms with E-state index in [4.69, 9.17) is 0 Å². The molecule has 46 heavy (non-hydrogen) atoms. The van der Waals surface area contributed by atoms with Crippen molar-refractivity contribution in [1.29, 1.82) is 0 Å². The molecular weight excluding hydrogens is 555 g/mol. The van der Waals surface area contributed by atoms with Gasteiger partial charge < -0.3 is 9.80 Å². The second-order valence-corrected chi connectivity index (χ2v) is 18.4. The van der Waals surface area contributed by atoms with Gasteiger partial charge in [-0.05, 0) is 110 Å². The van der Waals surface area contributed by atoms with Crippen molar-refractivity contribution in [2.75, 3.05) is 9.80 Å². The molecule has 4 fully saturated rings. The Hall–Kier alpha value is -2.68. The van der Waals surface area contributed by atoms with Gasteiger partial charge in [0.15, 0.2) is 0 Å². The molecule has 0 N–H and O–H groups in total. The van der Waals surface area contributed by atoms with E-state index >= 15 is 0 Å². The zero-order valence-electron chi connectivity index (χ0n) is 28.9. The van der Waals surface area contributed by atoms with Crippen LogP contribution in [0.1, 0.15) is 121 Å². The van der Waals surface area contributed by atoms with Crippen molar-refractivity contribution in [2.24, 2.45) is 23.7 Å². The van der Waals surface area contributed by atoms with Crippen LogP contribution in [0.4, 0.5) is 22.7 Å². The maximum Gasteiger partial charge on any atom is 0.252 e. The zero-order chi connectivity index (χ0) is 31.0. The van der Waals surface area contributed by atoms with Crippen LogP contribution < -0.4 is 26.2 Å². The lowest BCUT2D eigenvalue weighted by Crippen LogP contribution is -2.67. The van der Waals surface area contributed by atoms with E-state index in [0.29, 0.717) is 6.71 Å². The number of fused-ring (bicyclic) bond motifs is 12. The number of hydrogen-bond donors (Lipinski definition) is 0. The third-order valence-electron chi connectivity index (χ3n) is 16.6. The van der Waals surface area contributed by atoms with Gasteiger partial charge in [-0.3, -0.25) is 0 Å². The fraction of sp³-hybridized carbons (Fsp3) is 0.581. The van der Waals surface area contributed by atoms with E-state index in [1.807, 2.05) is 0 Å². The van der Waals surface area contributed by atoms with Gasteiger partial charge in [0.1, 0.15) is 0 Å². The quantitative estimate of drug-likeness (QED) is 0.236. The molecule has 8 unspecified atom stereocenters. The van der Waals surface area contributed by atoms with E-state index in [-0.39, 0.29) is 21.9 Å². The van der Waals surface area contributed by atoms with Gasteiger partial charge in [-0.15, -0.1) is 0 Å². The van der Waals surface area contributed by atoms with Gasteiger partial charge in [0.25, 0.3) is 6.71 Å². The molecule has 236 valence electrons. The summed E-state index contributed by atoms with van der Waals surface area (Å²) in [4.78, 5) is 5.91. The van der Waals surface area contributed by atoms with E-state index in [0.717, 1.165) is 23.7 Å². The molecule has 4 aliphatic heterocycles. The molecule has 8 aliphatic rings. The molecule has 4 saturated carbocycles. The number of benzene rings is 3. The number of hydrogen-bond acceptors (Lipinski definition) is 2. The topological polar surface area (TPSA) is 6.48 Å². The predicted octanol–water partition coefficient (Wildman–Crippen LogP) is 8.67. The Morgan fingerprint density at radius 3 is 1.67 bits per heavy atom. The smallest absolute Gasteiger partial charge is 0.252 e. The Morgan fingerprint density at radius 2 is 1.09 bits per heavy atom. The minimum Gasteiger partial charge on any atom is -0.335 e. The molecule has 0 saturated heterocycles. The highest BCUT2D eigenvalue weighted by Gasteiger charge is 2.67. The molecule has 4 aliphatic carbocycles. The maximum absolute atomic E-state index is 2.96. The molecule has 3 aromatic rings. The second kappa shape index (κ2) is 8.48. The lowest BCUT2D eigenvalue weighted by Gasteiger charge is -2.58. The van der Waals surface area contributed by atoms with Crippen molar-refractivity contribution in [3.05, 3.63) is 65.2 Å². The molecule has 0 bridgehead atoms. The van der Waals surface area contributed by atoms with Gasteiger partial charge in [-0.2, -0.15) is 0 Å². The first kappa shape index (κ1) is 27.3. The van der Waals surface area contributed by atoms with Crippen molar-refractivity contribution in [2.45, 2.75) is 134 Å². The molecular formula is C43H51BN2. The normalized spacial score (nSPS) is 40.3. The number of rotatable bonds is 0. The van der Waals surface area contributed by atoms with Crippen molar-refractivity contribution in [3.63, 3.8) is 0 Å². The van der Waals surface area contributed by atoms with Gasteiger partial charge in [0.05, 0.1) is 11.1 Å². The molecule has 4 heterocycles. The fourth-order valence-electron chi connectivity index (χ4n) is 14.2. The summed E-state index contributed by atoms with van der Waals surface area (Å²) in [5.41, 5.74) is 16.3. The first-order valence-electron chi connectivity index (χ1n) is 19.2. The molecule has 0 spiro atoms. The highest BCUT2D eigenvalue weighted by molar-refractivity contribution is 7.00. The first-order valence-corrected chi connectivity index (χ1v) is 19.2. The summed E-state index contributed by atoms with van der Waals surface area (Å²) in [5, 5.41) is 0. The maximum atomic E-state index is 2.96. The summed E-state index contributed by atoms with van der Waals surface area (Å²) in [7, 11) is 0. The highest BCUT2D eigenvalue weighted by Crippen LogP contribution is 2.67. The van der Waals surface area contributed by atoms with Crippen LogP contribution in [0.2, 0.25) is 0 Å². The predicted molar refractivity (Wildman–Crippen MR) is 194 cm³/mol. The summed E-state index contributed by atoms with van der Waals surface area (Å²) in [6.07, 6.45) is 16.9. The van der Waals surface area contributed by atoms with Crippen molar-refractivity contribution >= 4 is 45.9 Å². The Bertz CT molecular complexity index is 1850. The van der Waals surface area contributed by atoms with Crippen LogP contribution in [-0.2, 0) is 10.8 Å². The highest BCUT2D eigenvalue weighted by atomic mass is 15.3. The summed E-state index contributed by atoms with van der Waals surface area (Å²) in [5.74, 6) is 3.52. The molecule has 11 rings (SSSR count). The van der Waals surface area contributed by atoms with Gasteiger partial charge >= 0.3 is 0 Å². The third kappa shape index (κ3) is 2.86. The number of nitrogens with zero attached hydrogens (tertiary/aromatic N) is 2. The van der Waals surface area contributed by atoms with E-state index in [1.165, 1.54) is 94.0 Å². The van der Waals surface area contributed by atoms with E-state index in [9.17, 15) is 0 Å². The van der Waals surface area contributed by atoms with Crippen LogP contribution in [0.25, 0.3) is 0 Å². The van der Waals surface area contributed by atoms with E-state index in [1.54, 1.807) is 38.9 Å². The lowest BCUT2D eigenvalue weighted by atomic mass is 9.33. The van der Waals surface area contributed by atoms with E-state index in [2.05, 4.69) is 92.9 Å². The average Bonchev–Trinajstić information content (AvgIpc) is 3.37. The molecule has 0 amide bonds. The van der Waals surface area contributed by atoms with E-state index < -0.39 is 0 Å². The summed E-state index contributed by atoms with van der Waals surface area (Å²) < 4.78 is 0. The van der Waals surface area contributed by atoms with Crippen LogP contribution in [0, 0.1) is 30.6 Å². The Kier molecular flexibility index (Phi) is 5.03. The largest absolute Gasteiger partial charge is 0.335 e. The zero-order valence-corrected chi connectivity index (χ0v) is 28.9. The summed E-state index contributed by atoms with van der Waals surface area (Å²) >= 11 is 0. The Balaban J connectivity index is 1.19. The molecule has 2 nitrogen and oxygen atoms in total. The Morgan fingerprint density at radius 1 is 0.587 bits per heavy atom. The molecule has 0 aromatic heterocycles. The molecule has 3 heteroatoms. The monoisotopic (exact) mass is 606 g/mol. The molecule has 0 radical (unpaired) electrons. The minimum absolute atomic E-state index is 0.0994. The van der Waals surface area contributed by atoms with Crippen molar-refractivity contribution in [3.8, 4) is 0 Å². The van der Waals surface area contributed by atoms with Crippen LogP contribution in [0.5, 0.6) is 0 Å². The van der Waals surface area contributed by atoms with Gasteiger partial charge in [0.2, 0.25) is 0 Å². The van der Waals surface area contributed by atoms with Crippen molar-refractivity contribution in [1.82, 2.24) is 0 Å². The third-order valence-corrected chi connectivity index (χ3v) is 16.6. The van der Waals surface area contributed by atoms with Gasteiger partial charge in [0, 0.05) is 33.6 Å². The first-order chi connectivity index (χ1) is 22.2. The second-order valence-electron chi connectivity index (χ2n) is 18.4. The fourth-order valence-corrected chi connectivity index (χ4v) is 14.2. The summed E-state index contributed by atoms with van der Waals surface area (Å²) in [6.45, 7) is 13.4. The van der Waals surface area contributed by atoms with Crippen LogP contribution in [0.3, 0.4) is 0 Å².